The van der Waals surface area contributed by atoms with Crippen molar-refractivity contribution in [2.24, 2.45) is 0 Å². The van der Waals surface area contributed by atoms with Crippen LogP contribution < -0.4 is 20.7 Å². The van der Waals surface area contributed by atoms with E-state index in [4.69, 9.17) is 9.97 Å². The molecule has 1 N–H and O–H groups in total. The van der Waals surface area contributed by atoms with Crippen molar-refractivity contribution in [3.8, 4) is 11.8 Å². The molecule has 3 aromatic heterocycles. The number of hydrogen-bond donors (Lipinski definition) is 1. The third kappa shape index (κ3) is 3.95. The summed E-state index contributed by atoms with van der Waals surface area (Å²) in [5.74, 6) is 8.11. The number of benzene rings is 1. The van der Waals surface area contributed by atoms with Crippen molar-refractivity contribution in [2.45, 2.75) is 20.0 Å². The Morgan fingerprint density at radius 2 is 1.88 bits per heavy atom. The van der Waals surface area contributed by atoms with Gasteiger partial charge in [-0.1, -0.05) is 18.1 Å². The molecule has 4 aromatic rings. The highest BCUT2D eigenvalue weighted by molar-refractivity contribution is 5.89. The molecule has 1 aliphatic rings. The predicted molar refractivity (Wildman–Crippen MR) is 133 cm³/mol. The highest BCUT2D eigenvalue weighted by Crippen LogP contribution is 2.23. The van der Waals surface area contributed by atoms with Gasteiger partial charge in [0.2, 0.25) is 5.95 Å². The van der Waals surface area contributed by atoms with Crippen LogP contribution in [-0.2, 0) is 13.1 Å². The van der Waals surface area contributed by atoms with E-state index in [-0.39, 0.29) is 12.1 Å². The number of nitrogens with zero attached hydrogens (tertiary/aromatic N) is 8. The minimum absolute atomic E-state index is 0.161. The summed E-state index contributed by atoms with van der Waals surface area (Å²) in [4.78, 5) is 31.9. The number of fused-ring (bicyclic) bond motifs is 2. The highest BCUT2D eigenvalue weighted by Gasteiger charge is 2.22. The van der Waals surface area contributed by atoms with E-state index in [1.165, 1.54) is 4.68 Å². The fraction of sp³-hybridized carbons (Fsp3) is 0.375. The van der Waals surface area contributed by atoms with Crippen molar-refractivity contribution in [3.05, 3.63) is 46.6 Å². The lowest BCUT2D eigenvalue weighted by Gasteiger charge is -2.28. The topological polar surface area (TPSA) is 97.0 Å². The molecular formula is C24H27N9O. The van der Waals surface area contributed by atoms with E-state index in [0.717, 1.165) is 48.8 Å². The quantitative estimate of drug-likeness (QED) is 0.445. The van der Waals surface area contributed by atoms with Gasteiger partial charge in [0.1, 0.15) is 23.4 Å². The zero-order valence-corrected chi connectivity index (χ0v) is 19.6. The molecule has 1 fully saturated rings. The molecule has 0 saturated carbocycles. The molecule has 0 unspecified atom stereocenters. The maximum absolute atomic E-state index is 13.6. The number of nitrogens with one attached hydrogen (secondary N) is 1. The molecule has 4 heterocycles. The van der Waals surface area contributed by atoms with E-state index >= 15 is 0 Å². The summed E-state index contributed by atoms with van der Waals surface area (Å²) in [5, 5.41) is 8.72. The molecule has 5 rings (SSSR count). The number of aromatic nitrogens is 6. The average molecular weight is 458 g/mol. The molecule has 10 nitrogen and oxygen atoms in total. The molecule has 1 saturated heterocycles. The molecule has 10 heteroatoms. The fourth-order valence-electron chi connectivity index (χ4n) is 4.25. The van der Waals surface area contributed by atoms with Crippen LogP contribution in [0.25, 0.3) is 21.9 Å². The summed E-state index contributed by atoms with van der Waals surface area (Å²) in [5.41, 5.74) is 1.67. The summed E-state index contributed by atoms with van der Waals surface area (Å²) >= 11 is 0. The van der Waals surface area contributed by atoms with Gasteiger partial charge in [0, 0.05) is 45.7 Å². The van der Waals surface area contributed by atoms with E-state index in [2.05, 4.69) is 32.1 Å². The lowest BCUT2D eigenvalue weighted by atomic mass is 10.2. The van der Waals surface area contributed by atoms with E-state index < -0.39 is 0 Å². The summed E-state index contributed by atoms with van der Waals surface area (Å²) in [6, 6.07) is 7.86. The Morgan fingerprint density at radius 3 is 2.65 bits per heavy atom. The number of hydrogen-bond acceptors (Lipinski definition) is 8. The average Bonchev–Trinajstić information content (AvgIpc) is 3.23. The van der Waals surface area contributed by atoms with Crippen LogP contribution in [0.2, 0.25) is 0 Å². The molecule has 0 radical (unpaired) electrons. The maximum Gasteiger partial charge on any atom is 0.293 e. The van der Waals surface area contributed by atoms with Crippen LogP contribution in [0, 0.1) is 11.8 Å². The first kappa shape index (κ1) is 21.9. The molecule has 0 amide bonds. The molecule has 174 valence electrons. The van der Waals surface area contributed by atoms with E-state index in [1.807, 2.05) is 47.8 Å². The fourth-order valence-corrected chi connectivity index (χ4v) is 4.25. The summed E-state index contributed by atoms with van der Waals surface area (Å²) in [6.45, 7) is 5.74. The normalized spacial score (nSPS) is 13.8. The first-order valence-electron chi connectivity index (χ1n) is 11.3. The van der Waals surface area contributed by atoms with Crippen molar-refractivity contribution >= 4 is 33.7 Å². The zero-order chi connectivity index (χ0) is 23.7. The van der Waals surface area contributed by atoms with Crippen LogP contribution in [0.5, 0.6) is 0 Å². The van der Waals surface area contributed by atoms with Gasteiger partial charge in [-0.25, -0.2) is 19.6 Å². The van der Waals surface area contributed by atoms with Gasteiger partial charge in [-0.15, -0.1) is 5.92 Å². The monoisotopic (exact) mass is 457 g/mol. The van der Waals surface area contributed by atoms with Crippen LogP contribution in [0.4, 0.5) is 11.8 Å². The van der Waals surface area contributed by atoms with Gasteiger partial charge < -0.3 is 15.1 Å². The van der Waals surface area contributed by atoms with Crippen molar-refractivity contribution in [1.29, 1.82) is 0 Å². The molecule has 1 aromatic carbocycles. The van der Waals surface area contributed by atoms with Gasteiger partial charge in [0.05, 0.1) is 18.3 Å². The molecule has 0 aliphatic carbocycles. The molecular weight excluding hydrogens is 430 g/mol. The minimum Gasteiger partial charge on any atom is -0.362 e. The van der Waals surface area contributed by atoms with Crippen LogP contribution >= 0.6 is 0 Å². The predicted octanol–water partition coefficient (Wildman–Crippen LogP) is 1.08. The van der Waals surface area contributed by atoms with Crippen LogP contribution in [0.15, 0.2) is 35.3 Å². The van der Waals surface area contributed by atoms with Gasteiger partial charge in [0.15, 0.2) is 5.82 Å². The van der Waals surface area contributed by atoms with Crippen molar-refractivity contribution in [1.82, 2.24) is 34.6 Å². The van der Waals surface area contributed by atoms with Gasteiger partial charge >= 0.3 is 0 Å². The van der Waals surface area contributed by atoms with E-state index in [0.29, 0.717) is 23.4 Å². The van der Waals surface area contributed by atoms with Crippen molar-refractivity contribution in [3.63, 3.8) is 0 Å². The van der Waals surface area contributed by atoms with Gasteiger partial charge in [-0.2, -0.15) is 5.10 Å². The van der Waals surface area contributed by atoms with Gasteiger partial charge in [-0.3, -0.25) is 9.36 Å². The highest BCUT2D eigenvalue weighted by atomic mass is 16.1. The van der Waals surface area contributed by atoms with E-state index in [1.54, 1.807) is 13.1 Å². The lowest BCUT2D eigenvalue weighted by Crippen LogP contribution is -2.44. The molecule has 0 bridgehead atoms. The smallest absolute Gasteiger partial charge is 0.293 e. The lowest BCUT2D eigenvalue weighted by molar-refractivity contribution is 0.572. The second-order valence-electron chi connectivity index (χ2n) is 8.38. The molecule has 34 heavy (non-hydrogen) atoms. The second-order valence-corrected chi connectivity index (χ2v) is 8.38. The zero-order valence-electron chi connectivity index (χ0n) is 19.6. The number of para-hydroxylation sites is 1. The Labute approximate surface area is 197 Å². The number of rotatable bonds is 5. The largest absolute Gasteiger partial charge is 0.362 e. The van der Waals surface area contributed by atoms with E-state index in [9.17, 15) is 4.79 Å². The molecule has 0 atom stereocenters. The standard InChI is InChI=1S/C24H27N9O/c1-4-5-12-32-21-19(28-24(32)31-13-10-25-11-14-31)15-26-33(23(21)34)16-20-27-18-9-7-6-8-17(18)22(29-20)30(2)3/h6-9,15,25H,10-14,16H2,1-3H3. The minimum atomic E-state index is -0.229. The Kier molecular flexibility index (Phi) is 5.86. The first-order valence-corrected chi connectivity index (χ1v) is 11.3. The van der Waals surface area contributed by atoms with Crippen LogP contribution in [-0.4, -0.2) is 69.6 Å². The number of anilines is 2. The Morgan fingerprint density at radius 1 is 1.09 bits per heavy atom. The summed E-state index contributed by atoms with van der Waals surface area (Å²) < 4.78 is 3.31. The van der Waals surface area contributed by atoms with Gasteiger partial charge in [-0.05, 0) is 19.1 Å². The van der Waals surface area contributed by atoms with Gasteiger partial charge in [0.25, 0.3) is 5.56 Å². The number of piperazine rings is 1. The Hall–Kier alpha value is -3.97. The van der Waals surface area contributed by atoms with Crippen molar-refractivity contribution in [2.75, 3.05) is 50.1 Å². The third-order valence-corrected chi connectivity index (χ3v) is 5.89. The maximum atomic E-state index is 13.6. The molecule has 1 aliphatic heterocycles. The third-order valence-electron chi connectivity index (χ3n) is 5.89. The summed E-state index contributed by atoms with van der Waals surface area (Å²) in [7, 11) is 3.89. The first-order chi connectivity index (χ1) is 16.6. The Bertz CT molecular complexity index is 1470. The van der Waals surface area contributed by atoms with Crippen LogP contribution in [0.1, 0.15) is 12.7 Å². The second kappa shape index (κ2) is 9.11. The SMILES string of the molecule is CC#CCn1c(N2CCNCC2)nc2cnn(Cc3nc(N(C)C)c4ccccc4n3)c(=O)c21. The molecule has 0 spiro atoms. The Balaban J connectivity index is 1.60. The van der Waals surface area contributed by atoms with Crippen molar-refractivity contribution < 1.29 is 0 Å². The summed E-state index contributed by atoms with van der Waals surface area (Å²) in [6.07, 6.45) is 1.65. The van der Waals surface area contributed by atoms with Crippen LogP contribution in [0.3, 0.4) is 0 Å². The number of imidazole rings is 1.